The number of ketones is 2. The number of hydrogen-bond acceptors (Lipinski definition) is 10. The summed E-state index contributed by atoms with van der Waals surface area (Å²) in [7, 11) is -1.34. The fourth-order valence-electron chi connectivity index (χ4n) is 8.48. The minimum absolute atomic E-state index is 0.0289. The molecule has 0 saturated carbocycles. The lowest BCUT2D eigenvalue weighted by Crippen LogP contribution is -2.45. The Balaban J connectivity index is 1.22. The first-order valence-electron chi connectivity index (χ1n) is 21.5. The van der Waals surface area contributed by atoms with Gasteiger partial charge in [0.15, 0.2) is 28.4 Å². The van der Waals surface area contributed by atoms with Gasteiger partial charge in [-0.25, -0.2) is 0 Å². The predicted molar refractivity (Wildman–Crippen MR) is 251 cm³/mol. The van der Waals surface area contributed by atoms with Gasteiger partial charge in [0.05, 0.1) is 12.8 Å². The highest BCUT2D eigenvalue weighted by atomic mass is 32.2. The molecule has 1 aliphatic rings. The number of benzene rings is 5. The lowest BCUT2D eigenvalue weighted by Gasteiger charge is -2.37. The molecule has 0 amide bonds. The highest BCUT2D eigenvalue weighted by Crippen LogP contribution is 2.42. The van der Waals surface area contributed by atoms with Crippen LogP contribution in [0.2, 0.25) is 0 Å². The second kappa shape index (κ2) is 20.1. The summed E-state index contributed by atoms with van der Waals surface area (Å²) in [5, 5.41) is 8.39. The van der Waals surface area contributed by atoms with Gasteiger partial charge >= 0.3 is 0 Å². The largest absolute Gasteiger partial charge is 0.493 e. The van der Waals surface area contributed by atoms with E-state index >= 15 is 0 Å². The number of methoxy groups -OCH3 is 1. The van der Waals surface area contributed by atoms with Crippen LogP contribution in [0.1, 0.15) is 87.4 Å². The Hall–Kier alpha value is -5.85. The van der Waals surface area contributed by atoms with Crippen LogP contribution >= 0.6 is 0 Å². The zero-order valence-electron chi connectivity index (χ0n) is 37.8. The molecule has 4 N–H and O–H groups in total. The van der Waals surface area contributed by atoms with E-state index in [4.69, 9.17) is 14.2 Å². The molecule has 0 bridgehead atoms. The first kappa shape index (κ1) is 46.6. The molecule has 63 heavy (non-hydrogen) atoms. The average molecular weight is 876 g/mol. The van der Waals surface area contributed by atoms with Crippen molar-refractivity contribution in [3.63, 3.8) is 0 Å². The highest BCUT2D eigenvalue weighted by molar-refractivity contribution is 7.86. The van der Waals surface area contributed by atoms with E-state index in [0.29, 0.717) is 35.9 Å². The van der Waals surface area contributed by atoms with Crippen molar-refractivity contribution in [1.82, 2.24) is 0 Å². The van der Waals surface area contributed by atoms with Gasteiger partial charge in [-0.15, -0.1) is 0 Å². The van der Waals surface area contributed by atoms with Crippen LogP contribution < -0.4 is 30.2 Å². The number of fused-ring (bicyclic) bond motifs is 1. The lowest BCUT2D eigenvalue weighted by atomic mass is 9.75. The van der Waals surface area contributed by atoms with Gasteiger partial charge in [0.25, 0.3) is 10.1 Å². The topological polar surface area (TPSA) is 152 Å². The molecule has 5 aromatic carbocycles. The van der Waals surface area contributed by atoms with Crippen molar-refractivity contribution in [2.45, 2.75) is 79.9 Å². The number of carbonyl (C=O) groups excluding carboxylic acids is 2. The Kier molecular flexibility index (Phi) is 14.9. The van der Waals surface area contributed by atoms with Crippen molar-refractivity contribution in [2.24, 2.45) is 23.7 Å². The third-order valence-corrected chi connectivity index (χ3v) is 13.6. The quantitative estimate of drug-likeness (QED) is 0.0522. The monoisotopic (exact) mass is 875 g/mol. The minimum atomic E-state index is -4.65. The molecule has 1 aliphatic heterocycles. The summed E-state index contributed by atoms with van der Waals surface area (Å²) in [6.45, 7) is 14.4. The van der Waals surface area contributed by atoms with Crippen LogP contribution in [0, 0.1) is 44.4 Å². The van der Waals surface area contributed by atoms with E-state index in [2.05, 4.69) is 48.0 Å². The van der Waals surface area contributed by atoms with E-state index in [1.807, 2.05) is 88.5 Å². The Bertz CT molecular complexity index is 2570. The molecule has 1 heterocycles. The fourth-order valence-corrected chi connectivity index (χ4v) is 9.54. The van der Waals surface area contributed by atoms with Crippen molar-refractivity contribution in [3.05, 3.63) is 141 Å². The number of hydrogen-bond donors (Lipinski definition) is 4. The number of rotatable bonds is 17. The predicted octanol–water partition coefficient (Wildman–Crippen LogP) is 10.3. The van der Waals surface area contributed by atoms with Crippen LogP contribution in [-0.4, -0.2) is 50.6 Å². The van der Waals surface area contributed by atoms with Crippen molar-refractivity contribution >= 4 is 38.7 Å². The molecular formula is C51H61N3O8S. The number of nitrogens with one attached hydrogen (secondary N) is 3. The van der Waals surface area contributed by atoms with E-state index in [1.54, 1.807) is 26.0 Å². The Morgan fingerprint density at radius 3 is 2.03 bits per heavy atom. The number of ether oxygens (including phenoxy) is 3. The molecular weight excluding hydrogens is 815 g/mol. The molecule has 5 aromatic rings. The number of aryl methyl sites for hydroxylation is 3. The Morgan fingerprint density at radius 2 is 1.44 bits per heavy atom. The van der Waals surface area contributed by atoms with Crippen molar-refractivity contribution < 1.29 is 36.8 Å². The molecule has 11 nitrogen and oxygen atoms in total. The molecule has 5 atom stereocenters. The highest BCUT2D eigenvalue weighted by Gasteiger charge is 2.42. The van der Waals surface area contributed by atoms with Crippen LogP contribution in [0.15, 0.2) is 91.0 Å². The van der Waals surface area contributed by atoms with Crippen LogP contribution in [0.4, 0.5) is 17.1 Å². The van der Waals surface area contributed by atoms with Gasteiger partial charge in [-0.05, 0) is 122 Å². The van der Waals surface area contributed by atoms with Crippen molar-refractivity contribution in [1.29, 1.82) is 0 Å². The Labute approximate surface area is 372 Å². The molecule has 334 valence electrons. The average Bonchev–Trinajstić information content (AvgIpc) is 3.25. The SMILES string of the molecule is CNc1cc(COc2cc(NC[C@@H](C)Cc3ccccc3C)c(C(C)=O)cc2C)cc(COc2cc3c(cc2OC)C(=O)C(C)C(C)C(Cc2ccccc2C)C(S(=O)(=O)O)N3)c1. The van der Waals surface area contributed by atoms with Crippen LogP contribution in [0.5, 0.6) is 17.2 Å². The van der Waals surface area contributed by atoms with E-state index < -0.39 is 33.2 Å². The standard InChI is InChI=1S/C51H61N3O8S/c1-30(18-39-16-12-10-14-31(39)2)27-53-45-25-47(33(4)19-43(45)36(7)55)61-28-37-20-38(22-41(21-37)52-8)29-62-49-26-46-44(24-48(49)60-9)50(56)35(6)34(5)42(51(54-46)63(57,58)59)23-40-17-13-11-15-32(40)3/h10-17,19-22,24-26,30,34-35,42,51-54H,18,23,27-29H2,1-9H3,(H,57,58,59)/t30-,34?,35?,42?,51?/m0/s1. The van der Waals surface area contributed by atoms with Gasteiger partial charge in [0.1, 0.15) is 19.0 Å². The van der Waals surface area contributed by atoms with E-state index in [1.165, 1.54) is 18.2 Å². The zero-order valence-corrected chi connectivity index (χ0v) is 38.6. The molecule has 12 heteroatoms. The van der Waals surface area contributed by atoms with Crippen molar-refractivity contribution in [3.8, 4) is 17.2 Å². The fraction of sp³-hybridized carbons (Fsp3) is 0.373. The molecule has 0 fully saturated rings. The number of carbonyl (C=O) groups is 2. The summed E-state index contributed by atoms with van der Waals surface area (Å²) in [4.78, 5) is 26.8. The van der Waals surface area contributed by atoms with E-state index in [9.17, 15) is 22.6 Å². The first-order valence-corrected chi connectivity index (χ1v) is 23.0. The molecule has 0 saturated heterocycles. The summed E-state index contributed by atoms with van der Waals surface area (Å²) in [6, 6.07) is 28.9. The minimum Gasteiger partial charge on any atom is -0.493 e. The van der Waals surface area contributed by atoms with Crippen molar-refractivity contribution in [2.75, 3.05) is 36.7 Å². The third kappa shape index (κ3) is 11.2. The summed E-state index contributed by atoms with van der Waals surface area (Å²) in [6.07, 6.45) is 1.25. The summed E-state index contributed by atoms with van der Waals surface area (Å²) >= 11 is 0. The van der Waals surface area contributed by atoms with Gasteiger partial charge in [-0.1, -0.05) is 69.3 Å². The van der Waals surface area contributed by atoms with Gasteiger partial charge in [0.2, 0.25) is 0 Å². The normalized spacial score (nSPS) is 18.0. The molecule has 0 spiro atoms. The third-order valence-electron chi connectivity index (χ3n) is 12.5. The summed E-state index contributed by atoms with van der Waals surface area (Å²) < 4.78 is 55.5. The van der Waals surface area contributed by atoms with Crippen LogP contribution in [0.3, 0.4) is 0 Å². The second-order valence-corrected chi connectivity index (χ2v) is 18.7. The van der Waals surface area contributed by atoms with Gasteiger partial charge in [0, 0.05) is 60.1 Å². The van der Waals surface area contributed by atoms with Crippen LogP contribution in [-0.2, 0) is 36.2 Å². The zero-order chi connectivity index (χ0) is 45.6. The van der Waals surface area contributed by atoms with Gasteiger partial charge in [-0.2, -0.15) is 8.42 Å². The van der Waals surface area contributed by atoms with E-state index in [-0.39, 0.29) is 41.8 Å². The maximum Gasteiger partial charge on any atom is 0.286 e. The molecule has 4 unspecified atom stereocenters. The summed E-state index contributed by atoms with van der Waals surface area (Å²) in [5.74, 6) is -0.259. The summed E-state index contributed by atoms with van der Waals surface area (Å²) in [5.41, 5.74) is 9.68. The maximum absolute atomic E-state index is 14.1. The first-order chi connectivity index (χ1) is 30.0. The van der Waals surface area contributed by atoms with E-state index in [0.717, 1.165) is 45.6 Å². The second-order valence-electron chi connectivity index (χ2n) is 17.1. The molecule has 0 radical (unpaired) electrons. The molecule has 0 aliphatic carbocycles. The lowest BCUT2D eigenvalue weighted by molar-refractivity contribution is 0.0854. The molecule has 0 aromatic heterocycles. The van der Waals surface area contributed by atoms with Crippen LogP contribution in [0.25, 0.3) is 0 Å². The molecule has 6 rings (SSSR count). The number of anilines is 3. The Morgan fingerprint density at radius 1 is 0.825 bits per heavy atom. The van der Waals surface area contributed by atoms with Gasteiger partial charge < -0.3 is 30.2 Å². The van der Waals surface area contributed by atoms with Gasteiger partial charge in [-0.3, -0.25) is 14.1 Å². The number of Topliss-reactive ketones (excluding diaryl/α,β-unsaturated/α-hetero) is 2. The maximum atomic E-state index is 14.1. The smallest absolute Gasteiger partial charge is 0.286 e.